The van der Waals surface area contributed by atoms with E-state index in [0.717, 1.165) is 31.7 Å². The second-order valence-electron chi connectivity index (χ2n) is 6.39. The largest absolute Gasteiger partial charge is 0.370 e. The molecule has 1 fully saturated rings. The first-order valence-corrected chi connectivity index (χ1v) is 8.28. The summed E-state index contributed by atoms with van der Waals surface area (Å²) in [7, 11) is 1.64. The Balaban J connectivity index is 1.44. The molecular formula is C17H21N5O2. The highest BCUT2D eigenvalue weighted by Gasteiger charge is 2.36. The van der Waals surface area contributed by atoms with Crippen molar-refractivity contribution < 1.29 is 9.53 Å². The van der Waals surface area contributed by atoms with Crippen LogP contribution in [0, 0.1) is 0 Å². The number of piperidine rings is 1. The lowest BCUT2D eigenvalue weighted by Gasteiger charge is -2.41. The maximum absolute atomic E-state index is 11.6. The number of carbonyl (C=O) groups excluding carboxylic acids is 1. The number of hydrogen-bond acceptors (Lipinski definition) is 5. The Labute approximate surface area is 140 Å². The third-order valence-corrected chi connectivity index (χ3v) is 4.86. The van der Waals surface area contributed by atoms with Crippen LogP contribution in [-0.2, 0) is 17.9 Å². The van der Waals surface area contributed by atoms with E-state index in [-0.39, 0.29) is 18.1 Å². The molecule has 1 N–H and O–H groups in total. The maximum Gasteiger partial charge on any atom is 0.251 e. The quantitative estimate of drug-likeness (QED) is 0.910. The highest BCUT2D eigenvalue weighted by Crippen LogP contribution is 2.30. The van der Waals surface area contributed by atoms with Crippen LogP contribution in [0.5, 0.6) is 0 Å². The Hall–Kier alpha value is -2.25. The van der Waals surface area contributed by atoms with Crippen LogP contribution in [0.4, 0.5) is 0 Å². The second kappa shape index (κ2) is 6.33. The van der Waals surface area contributed by atoms with Gasteiger partial charge in [-0.1, -0.05) is 17.3 Å². The third kappa shape index (κ3) is 2.81. The summed E-state index contributed by atoms with van der Waals surface area (Å²) < 4.78 is 7.97. The summed E-state index contributed by atoms with van der Waals surface area (Å²) in [5.41, 5.74) is 2.94. The van der Waals surface area contributed by atoms with Crippen LogP contribution in [-0.4, -0.2) is 52.0 Å². The number of benzene rings is 1. The van der Waals surface area contributed by atoms with Gasteiger partial charge < -0.3 is 10.1 Å². The molecule has 0 aliphatic carbocycles. The lowest BCUT2D eigenvalue weighted by Crippen LogP contribution is -2.47. The molecule has 1 aromatic carbocycles. The molecule has 0 bridgehead atoms. The number of likely N-dealkylation sites (tertiary alicyclic amines) is 1. The minimum atomic E-state index is -0.0552. The van der Waals surface area contributed by atoms with Gasteiger partial charge in [-0.3, -0.25) is 9.69 Å². The first-order chi connectivity index (χ1) is 11.7. The zero-order chi connectivity index (χ0) is 16.5. The van der Waals surface area contributed by atoms with Crippen LogP contribution in [0.15, 0.2) is 30.5 Å². The van der Waals surface area contributed by atoms with Crippen LogP contribution < -0.4 is 5.32 Å². The highest BCUT2D eigenvalue weighted by molar-refractivity contribution is 5.93. The molecule has 0 radical (unpaired) electrons. The summed E-state index contributed by atoms with van der Waals surface area (Å²) in [5, 5.41) is 10.9. The van der Waals surface area contributed by atoms with Crippen molar-refractivity contribution in [2.75, 3.05) is 20.1 Å². The topological polar surface area (TPSA) is 72.3 Å². The Morgan fingerprint density at radius 2 is 2.21 bits per heavy atom. The molecule has 0 spiro atoms. The zero-order valence-corrected chi connectivity index (χ0v) is 13.7. The number of fused-ring (bicyclic) bond motifs is 3. The van der Waals surface area contributed by atoms with Gasteiger partial charge in [0.25, 0.3) is 5.91 Å². The fourth-order valence-corrected chi connectivity index (χ4v) is 3.55. The molecular weight excluding hydrogens is 306 g/mol. The van der Waals surface area contributed by atoms with E-state index in [1.165, 1.54) is 5.56 Å². The van der Waals surface area contributed by atoms with Gasteiger partial charge in [-0.15, -0.1) is 5.10 Å². The number of nitrogens with zero attached hydrogens (tertiary/aromatic N) is 4. The maximum atomic E-state index is 11.6. The molecule has 0 saturated carbocycles. The minimum absolute atomic E-state index is 0.0552. The summed E-state index contributed by atoms with van der Waals surface area (Å²) in [6.45, 7) is 3.37. The van der Waals surface area contributed by atoms with Gasteiger partial charge in [-0.2, -0.15) is 0 Å². The summed E-state index contributed by atoms with van der Waals surface area (Å²) >= 11 is 0. The van der Waals surface area contributed by atoms with Gasteiger partial charge in [-0.25, -0.2) is 4.68 Å². The van der Waals surface area contributed by atoms with E-state index >= 15 is 0 Å². The second-order valence-corrected chi connectivity index (χ2v) is 6.39. The van der Waals surface area contributed by atoms with Crippen LogP contribution in [0.25, 0.3) is 0 Å². The van der Waals surface area contributed by atoms with E-state index in [4.69, 9.17) is 4.74 Å². The predicted molar refractivity (Wildman–Crippen MR) is 87.4 cm³/mol. The van der Waals surface area contributed by atoms with Gasteiger partial charge in [-0.05, 0) is 24.1 Å². The van der Waals surface area contributed by atoms with Crippen molar-refractivity contribution in [1.29, 1.82) is 0 Å². The number of aromatic nitrogens is 3. The number of carbonyl (C=O) groups is 1. The first-order valence-electron chi connectivity index (χ1n) is 8.28. The van der Waals surface area contributed by atoms with Crippen molar-refractivity contribution in [2.45, 2.75) is 31.7 Å². The van der Waals surface area contributed by atoms with Crippen molar-refractivity contribution >= 4 is 5.91 Å². The normalized spacial score (nSPS) is 23.4. The molecule has 3 heterocycles. The third-order valence-electron chi connectivity index (χ3n) is 4.86. The van der Waals surface area contributed by atoms with E-state index < -0.39 is 0 Å². The van der Waals surface area contributed by atoms with E-state index in [1.54, 1.807) is 13.2 Å². The average molecular weight is 327 g/mol. The fourth-order valence-electron chi connectivity index (χ4n) is 3.55. The van der Waals surface area contributed by atoms with E-state index in [0.29, 0.717) is 12.2 Å². The molecule has 1 aromatic heterocycles. The van der Waals surface area contributed by atoms with Crippen LogP contribution in [0.3, 0.4) is 0 Å². The highest BCUT2D eigenvalue weighted by atomic mass is 16.5. The van der Waals surface area contributed by atoms with E-state index in [2.05, 4.69) is 20.5 Å². The molecule has 2 aromatic rings. The predicted octanol–water partition coefficient (Wildman–Crippen LogP) is 0.983. The molecule has 7 nitrogen and oxygen atoms in total. The molecule has 2 atom stereocenters. The number of hydrogen-bond donors (Lipinski definition) is 1. The summed E-state index contributed by atoms with van der Waals surface area (Å²) in [6.07, 6.45) is 3.01. The van der Waals surface area contributed by atoms with Crippen molar-refractivity contribution in [1.82, 2.24) is 25.2 Å². The lowest BCUT2D eigenvalue weighted by molar-refractivity contribution is -0.0669. The first kappa shape index (κ1) is 15.3. The Morgan fingerprint density at radius 1 is 1.38 bits per heavy atom. The summed E-state index contributed by atoms with van der Waals surface area (Å²) in [5.74, 6) is -0.0552. The molecule has 126 valence electrons. The fraction of sp³-hybridized carbons (Fsp3) is 0.471. The molecule has 24 heavy (non-hydrogen) atoms. The average Bonchev–Trinajstić information content (AvgIpc) is 3.11. The van der Waals surface area contributed by atoms with Gasteiger partial charge >= 0.3 is 0 Å². The molecule has 2 aliphatic heterocycles. The lowest BCUT2D eigenvalue weighted by atomic mass is 9.99. The number of rotatable bonds is 3. The van der Waals surface area contributed by atoms with Gasteiger partial charge in [0, 0.05) is 32.2 Å². The zero-order valence-electron chi connectivity index (χ0n) is 13.7. The van der Waals surface area contributed by atoms with Crippen LogP contribution >= 0.6 is 0 Å². The molecule has 7 heteroatoms. The molecule has 2 unspecified atom stereocenters. The summed E-state index contributed by atoms with van der Waals surface area (Å²) in [6, 6.07) is 8.03. The van der Waals surface area contributed by atoms with E-state index in [1.807, 2.05) is 28.9 Å². The molecule has 4 rings (SSSR count). The number of amides is 1. The van der Waals surface area contributed by atoms with Crippen molar-refractivity contribution in [3.05, 3.63) is 47.3 Å². The van der Waals surface area contributed by atoms with Crippen molar-refractivity contribution in [3.63, 3.8) is 0 Å². The SMILES string of the molecule is CNC(=O)c1ccc(CN2CCC3OCc4cnnn4C3C2)cc1. The van der Waals surface area contributed by atoms with Gasteiger partial charge in [0.2, 0.25) is 0 Å². The summed E-state index contributed by atoms with van der Waals surface area (Å²) in [4.78, 5) is 14.0. The van der Waals surface area contributed by atoms with Crippen LogP contribution in [0.1, 0.15) is 34.1 Å². The molecule has 1 amide bonds. The molecule has 2 aliphatic rings. The monoisotopic (exact) mass is 327 g/mol. The Bertz CT molecular complexity index is 727. The number of ether oxygens (including phenoxy) is 1. The standard InChI is InChI=1S/C17H21N5O2/c1-18-17(23)13-4-2-12(3-5-13)9-21-7-6-16-15(10-21)22-14(11-24-16)8-19-20-22/h2-5,8,15-16H,6-7,9-11H2,1H3,(H,18,23). The smallest absolute Gasteiger partial charge is 0.251 e. The molecule has 1 saturated heterocycles. The van der Waals surface area contributed by atoms with Gasteiger partial charge in [0.05, 0.1) is 30.6 Å². The Kier molecular flexibility index (Phi) is 4.03. The Morgan fingerprint density at radius 3 is 3.00 bits per heavy atom. The van der Waals surface area contributed by atoms with Crippen LogP contribution in [0.2, 0.25) is 0 Å². The van der Waals surface area contributed by atoms with Gasteiger partial charge in [0.1, 0.15) is 0 Å². The minimum Gasteiger partial charge on any atom is -0.370 e. The number of nitrogens with one attached hydrogen (secondary N) is 1. The van der Waals surface area contributed by atoms with Gasteiger partial charge in [0.15, 0.2) is 0 Å². The van der Waals surface area contributed by atoms with Crippen molar-refractivity contribution in [2.24, 2.45) is 0 Å². The van der Waals surface area contributed by atoms with Crippen molar-refractivity contribution in [3.8, 4) is 0 Å². The van der Waals surface area contributed by atoms with E-state index in [9.17, 15) is 4.79 Å².